The van der Waals surface area contributed by atoms with E-state index in [-0.39, 0.29) is 11.8 Å². The van der Waals surface area contributed by atoms with Gasteiger partial charge in [0.2, 0.25) is 11.8 Å². The minimum absolute atomic E-state index is 0.0240. The number of para-hydroxylation sites is 1. The van der Waals surface area contributed by atoms with Gasteiger partial charge >= 0.3 is 0 Å². The van der Waals surface area contributed by atoms with Crippen molar-refractivity contribution in [3.8, 4) is 0 Å². The molecule has 2 heterocycles. The van der Waals surface area contributed by atoms with Crippen LogP contribution in [0.5, 0.6) is 0 Å². The zero-order valence-electron chi connectivity index (χ0n) is 21.4. The van der Waals surface area contributed by atoms with Crippen LogP contribution >= 0.6 is 0 Å². The van der Waals surface area contributed by atoms with Gasteiger partial charge in [0.25, 0.3) is 0 Å². The molecule has 1 aromatic heterocycles. The fourth-order valence-corrected chi connectivity index (χ4v) is 4.92. The number of carbonyl (C=O) groups excluding carboxylic acids is 2. The standard InChI is InChI=1S/C30H36N4O2/c1-24-9-5-10-26(19-24)20-30(36)33-17-7-15-32(22-27-11-6-14-31-21-27)16-8-18-34(25(2)35)29-13-4-3-12-28(29)23-33/h3-6,9-14,19,21H,7-8,15-18,20,22-23H2,1-2H3. The predicted octanol–water partition coefficient (Wildman–Crippen LogP) is 4.61. The Morgan fingerprint density at radius 2 is 1.67 bits per heavy atom. The maximum Gasteiger partial charge on any atom is 0.227 e. The molecule has 0 saturated heterocycles. The number of pyridine rings is 1. The fourth-order valence-electron chi connectivity index (χ4n) is 4.92. The van der Waals surface area contributed by atoms with E-state index in [0.717, 1.165) is 54.9 Å². The number of nitrogens with zero attached hydrogens (tertiary/aromatic N) is 4. The molecule has 0 spiro atoms. The molecular weight excluding hydrogens is 448 g/mol. The maximum absolute atomic E-state index is 13.5. The van der Waals surface area contributed by atoms with Gasteiger partial charge in [-0.3, -0.25) is 19.5 Å². The maximum atomic E-state index is 13.5. The summed E-state index contributed by atoms with van der Waals surface area (Å²) in [5, 5.41) is 0. The molecule has 0 saturated carbocycles. The number of aromatic nitrogens is 1. The molecule has 188 valence electrons. The van der Waals surface area contributed by atoms with E-state index in [1.807, 2.05) is 71.5 Å². The number of rotatable bonds is 4. The van der Waals surface area contributed by atoms with Crippen LogP contribution in [0.2, 0.25) is 0 Å². The topological polar surface area (TPSA) is 56.8 Å². The molecule has 2 aromatic carbocycles. The number of fused-ring (bicyclic) bond motifs is 1. The van der Waals surface area contributed by atoms with Crippen molar-refractivity contribution in [3.63, 3.8) is 0 Å². The Hall–Kier alpha value is -3.51. The van der Waals surface area contributed by atoms with E-state index in [1.54, 1.807) is 13.1 Å². The van der Waals surface area contributed by atoms with Gasteiger partial charge in [0.05, 0.1) is 6.42 Å². The lowest BCUT2D eigenvalue weighted by Crippen LogP contribution is -2.38. The average molecular weight is 485 g/mol. The first kappa shape index (κ1) is 25.6. The van der Waals surface area contributed by atoms with Crippen molar-refractivity contribution in [1.82, 2.24) is 14.8 Å². The van der Waals surface area contributed by atoms with Crippen LogP contribution in [0.15, 0.2) is 73.1 Å². The van der Waals surface area contributed by atoms with Gasteiger partial charge in [-0.1, -0.05) is 54.1 Å². The predicted molar refractivity (Wildman–Crippen MR) is 144 cm³/mol. The Bertz CT molecular complexity index is 1160. The Morgan fingerprint density at radius 1 is 0.889 bits per heavy atom. The molecule has 0 radical (unpaired) electrons. The Kier molecular flexibility index (Phi) is 8.85. The molecule has 0 N–H and O–H groups in total. The lowest BCUT2D eigenvalue weighted by Gasteiger charge is -2.31. The highest BCUT2D eigenvalue weighted by Crippen LogP contribution is 2.24. The normalized spacial score (nSPS) is 15.5. The van der Waals surface area contributed by atoms with Crippen LogP contribution in [0.4, 0.5) is 5.69 Å². The highest BCUT2D eigenvalue weighted by atomic mass is 16.2. The number of amides is 2. The van der Waals surface area contributed by atoms with E-state index < -0.39 is 0 Å². The Balaban J connectivity index is 1.59. The number of hydrogen-bond donors (Lipinski definition) is 0. The first-order valence-corrected chi connectivity index (χ1v) is 12.8. The van der Waals surface area contributed by atoms with Crippen molar-refractivity contribution < 1.29 is 9.59 Å². The first-order valence-electron chi connectivity index (χ1n) is 12.8. The highest BCUT2D eigenvalue weighted by molar-refractivity contribution is 5.92. The molecule has 0 unspecified atom stereocenters. The van der Waals surface area contributed by atoms with E-state index in [1.165, 1.54) is 5.56 Å². The van der Waals surface area contributed by atoms with Gasteiger partial charge in [0.15, 0.2) is 0 Å². The Labute approximate surface area is 214 Å². The lowest BCUT2D eigenvalue weighted by atomic mass is 10.1. The summed E-state index contributed by atoms with van der Waals surface area (Å²) in [4.78, 5) is 36.7. The van der Waals surface area contributed by atoms with Crippen molar-refractivity contribution in [1.29, 1.82) is 0 Å². The van der Waals surface area contributed by atoms with Crippen LogP contribution < -0.4 is 4.90 Å². The highest BCUT2D eigenvalue weighted by Gasteiger charge is 2.21. The van der Waals surface area contributed by atoms with E-state index >= 15 is 0 Å². The van der Waals surface area contributed by atoms with Crippen LogP contribution in [0, 0.1) is 6.92 Å². The molecule has 0 fully saturated rings. The summed E-state index contributed by atoms with van der Waals surface area (Å²) in [5.74, 6) is 0.136. The molecule has 1 aliphatic heterocycles. The number of aryl methyl sites for hydroxylation is 1. The molecule has 0 aliphatic carbocycles. The van der Waals surface area contributed by atoms with E-state index in [2.05, 4.69) is 22.0 Å². The Morgan fingerprint density at radius 3 is 2.42 bits per heavy atom. The van der Waals surface area contributed by atoms with Gasteiger partial charge in [-0.2, -0.15) is 0 Å². The molecule has 36 heavy (non-hydrogen) atoms. The quantitative estimate of drug-likeness (QED) is 0.543. The van der Waals surface area contributed by atoms with Crippen molar-refractivity contribution in [2.45, 2.75) is 46.2 Å². The monoisotopic (exact) mass is 484 g/mol. The minimum Gasteiger partial charge on any atom is -0.338 e. The smallest absolute Gasteiger partial charge is 0.227 e. The second-order valence-electron chi connectivity index (χ2n) is 9.63. The third-order valence-electron chi connectivity index (χ3n) is 6.70. The van der Waals surface area contributed by atoms with Gasteiger partial charge < -0.3 is 9.80 Å². The fraction of sp³-hybridized carbons (Fsp3) is 0.367. The van der Waals surface area contributed by atoms with Gasteiger partial charge in [-0.25, -0.2) is 0 Å². The van der Waals surface area contributed by atoms with E-state index in [4.69, 9.17) is 0 Å². The van der Waals surface area contributed by atoms with Gasteiger partial charge in [0, 0.05) is 64.3 Å². The van der Waals surface area contributed by atoms with Crippen LogP contribution in [0.25, 0.3) is 0 Å². The molecule has 3 aromatic rings. The second-order valence-corrected chi connectivity index (χ2v) is 9.63. The van der Waals surface area contributed by atoms with Crippen LogP contribution in [-0.4, -0.2) is 52.8 Å². The van der Waals surface area contributed by atoms with Gasteiger partial charge in [-0.15, -0.1) is 0 Å². The van der Waals surface area contributed by atoms with Crippen molar-refractivity contribution in [3.05, 3.63) is 95.3 Å². The minimum atomic E-state index is 0.0240. The van der Waals surface area contributed by atoms with E-state index in [9.17, 15) is 9.59 Å². The molecule has 6 nitrogen and oxygen atoms in total. The van der Waals surface area contributed by atoms with Crippen molar-refractivity contribution in [2.24, 2.45) is 0 Å². The molecule has 0 bridgehead atoms. The summed E-state index contributed by atoms with van der Waals surface area (Å²) in [5.41, 5.74) is 5.27. The average Bonchev–Trinajstić information content (AvgIpc) is 2.86. The molecule has 4 rings (SSSR count). The van der Waals surface area contributed by atoms with Crippen molar-refractivity contribution >= 4 is 17.5 Å². The number of benzene rings is 2. The molecule has 6 heteroatoms. The number of hydrogen-bond acceptors (Lipinski definition) is 4. The van der Waals surface area contributed by atoms with E-state index in [0.29, 0.717) is 26.1 Å². The summed E-state index contributed by atoms with van der Waals surface area (Å²) in [7, 11) is 0. The summed E-state index contributed by atoms with van der Waals surface area (Å²) < 4.78 is 0. The molecule has 1 aliphatic rings. The van der Waals surface area contributed by atoms with Crippen molar-refractivity contribution in [2.75, 3.05) is 31.1 Å². The van der Waals surface area contributed by atoms with Crippen LogP contribution in [0.3, 0.4) is 0 Å². The summed E-state index contributed by atoms with van der Waals surface area (Å²) in [6.45, 7) is 8.04. The van der Waals surface area contributed by atoms with Gasteiger partial charge in [-0.05, 0) is 48.6 Å². The summed E-state index contributed by atoms with van der Waals surface area (Å²) in [6, 6.07) is 20.2. The first-order chi connectivity index (χ1) is 17.5. The largest absolute Gasteiger partial charge is 0.338 e. The van der Waals surface area contributed by atoms with Gasteiger partial charge in [0.1, 0.15) is 0 Å². The molecular formula is C30H36N4O2. The SMILES string of the molecule is CC(=O)N1CCCN(Cc2cccnc2)CCCN(C(=O)Cc2cccc(C)c2)Cc2ccccc21. The zero-order valence-corrected chi connectivity index (χ0v) is 21.4. The zero-order chi connectivity index (χ0) is 25.3. The molecule has 2 amide bonds. The summed E-state index contributed by atoms with van der Waals surface area (Å²) in [6.07, 6.45) is 5.84. The third-order valence-corrected chi connectivity index (χ3v) is 6.70. The lowest BCUT2D eigenvalue weighted by molar-refractivity contribution is -0.131. The van der Waals surface area contributed by atoms with Crippen LogP contribution in [0.1, 0.15) is 42.0 Å². The second kappa shape index (κ2) is 12.5. The third kappa shape index (κ3) is 7.01. The number of anilines is 1. The van der Waals surface area contributed by atoms with Crippen LogP contribution in [-0.2, 0) is 29.1 Å². The molecule has 0 atom stereocenters. The summed E-state index contributed by atoms with van der Waals surface area (Å²) >= 11 is 0. The number of carbonyl (C=O) groups is 2.